The topological polar surface area (TPSA) is 57.5 Å². The van der Waals surface area contributed by atoms with Crippen molar-refractivity contribution < 1.29 is 15.0 Å². The van der Waals surface area contributed by atoms with Crippen LogP contribution >= 0.6 is 0 Å². The largest absolute Gasteiger partial charge is 0.481 e. The SMILES string of the molecule is CCCCCCCCCCCCCCCCCCCCCCCCC(C(=O)O)C(O)CCCCCCCCCCCCCCCCCC1CC1CCCCCCCCCCC1CC1CCCCCCCCCCCCCCCCCCC. The molecule has 488 valence electrons. The van der Waals surface area contributed by atoms with E-state index in [1.165, 1.54) is 385 Å². The zero-order chi connectivity index (χ0) is 58.5. The van der Waals surface area contributed by atoms with Gasteiger partial charge in [0.2, 0.25) is 0 Å². The Hall–Kier alpha value is -0.570. The Labute approximate surface area is 517 Å². The molecule has 0 aliphatic heterocycles. The van der Waals surface area contributed by atoms with Gasteiger partial charge in [-0.3, -0.25) is 4.79 Å². The van der Waals surface area contributed by atoms with Crippen LogP contribution in [0.25, 0.3) is 0 Å². The molecule has 0 aromatic carbocycles. The monoisotopic (exact) mass is 1150 g/mol. The fourth-order valence-electron chi connectivity index (χ4n) is 14.8. The number of rotatable bonds is 72. The molecule has 0 amide bonds. The van der Waals surface area contributed by atoms with E-state index in [2.05, 4.69) is 13.8 Å². The molecule has 2 saturated carbocycles. The van der Waals surface area contributed by atoms with Gasteiger partial charge < -0.3 is 10.2 Å². The lowest BCUT2D eigenvalue weighted by Gasteiger charge is -2.19. The highest BCUT2D eigenvalue weighted by Gasteiger charge is 2.36. The van der Waals surface area contributed by atoms with Crippen LogP contribution in [-0.2, 0) is 4.79 Å². The third-order valence-electron chi connectivity index (χ3n) is 20.9. The van der Waals surface area contributed by atoms with Crippen LogP contribution in [0.2, 0.25) is 0 Å². The highest BCUT2D eigenvalue weighted by atomic mass is 16.4. The minimum absolute atomic E-state index is 0.581. The van der Waals surface area contributed by atoms with Crippen molar-refractivity contribution in [3.05, 3.63) is 0 Å². The summed E-state index contributed by atoms with van der Waals surface area (Å²) in [5.41, 5.74) is 0. The van der Waals surface area contributed by atoms with E-state index < -0.39 is 18.0 Å². The Kier molecular flexibility index (Phi) is 58.7. The summed E-state index contributed by atoms with van der Waals surface area (Å²) >= 11 is 0. The van der Waals surface area contributed by atoms with Crippen molar-refractivity contribution in [3.8, 4) is 0 Å². The molecule has 0 bridgehead atoms. The first kappa shape index (κ1) is 77.5. The van der Waals surface area contributed by atoms with Crippen molar-refractivity contribution in [2.24, 2.45) is 29.6 Å². The second kappa shape index (κ2) is 62.1. The van der Waals surface area contributed by atoms with Gasteiger partial charge in [0.15, 0.2) is 0 Å². The van der Waals surface area contributed by atoms with Gasteiger partial charge in [0, 0.05) is 0 Å². The number of hydrogen-bond donors (Lipinski definition) is 2. The average molecular weight is 1150 g/mol. The van der Waals surface area contributed by atoms with Crippen molar-refractivity contribution in [1.82, 2.24) is 0 Å². The Morgan fingerprint density at radius 2 is 0.415 bits per heavy atom. The van der Waals surface area contributed by atoms with E-state index in [0.29, 0.717) is 12.8 Å². The molecule has 0 saturated heterocycles. The first-order valence-electron chi connectivity index (χ1n) is 39.5. The molecule has 3 nitrogen and oxygen atoms in total. The molecule has 6 unspecified atom stereocenters. The molecule has 0 spiro atoms. The van der Waals surface area contributed by atoms with Crippen LogP contribution < -0.4 is 0 Å². The minimum Gasteiger partial charge on any atom is -0.481 e. The van der Waals surface area contributed by atoms with Gasteiger partial charge >= 0.3 is 5.97 Å². The molecule has 6 atom stereocenters. The maximum atomic E-state index is 12.0. The van der Waals surface area contributed by atoms with E-state index in [0.717, 1.165) is 49.4 Å². The Morgan fingerprint density at radius 1 is 0.256 bits per heavy atom. The fourth-order valence-corrected chi connectivity index (χ4v) is 14.8. The summed E-state index contributed by atoms with van der Waals surface area (Å²) < 4.78 is 0. The molecule has 0 radical (unpaired) electrons. The minimum atomic E-state index is -0.796. The van der Waals surface area contributed by atoms with E-state index in [1.807, 2.05) is 0 Å². The van der Waals surface area contributed by atoms with Crippen LogP contribution in [0, 0.1) is 29.6 Å². The van der Waals surface area contributed by atoms with Crippen LogP contribution in [0.1, 0.15) is 463 Å². The summed E-state index contributed by atoms with van der Waals surface area (Å²) in [5.74, 6) is 3.05. The van der Waals surface area contributed by atoms with Crippen molar-refractivity contribution in [1.29, 1.82) is 0 Å². The summed E-state index contributed by atoms with van der Waals surface area (Å²) in [7, 11) is 0. The van der Waals surface area contributed by atoms with Gasteiger partial charge in [-0.25, -0.2) is 0 Å². The lowest BCUT2D eigenvalue weighted by molar-refractivity contribution is -0.146. The van der Waals surface area contributed by atoms with Crippen LogP contribution in [0.5, 0.6) is 0 Å². The number of hydrogen-bond acceptors (Lipinski definition) is 2. The zero-order valence-electron chi connectivity index (χ0n) is 56.8. The van der Waals surface area contributed by atoms with Crippen LogP contribution in [0.15, 0.2) is 0 Å². The van der Waals surface area contributed by atoms with Crippen molar-refractivity contribution >= 4 is 5.97 Å². The molecule has 0 aromatic rings. The van der Waals surface area contributed by atoms with Gasteiger partial charge in [-0.05, 0) is 49.4 Å². The Balaban J connectivity index is 1.19. The third kappa shape index (κ3) is 53.7. The summed E-state index contributed by atoms with van der Waals surface area (Å²) in [6.45, 7) is 4.61. The Morgan fingerprint density at radius 3 is 0.598 bits per heavy atom. The smallest absolute Gasteiger partial charge is 0.309 e. The van der Waals surface area contributed by atoms with Crippen molar-refractivity contribution in [3.63, 3.8) is 0 Å². The number of aliphatic hydroxyl groups is 1. The molecular weight excluding hydrogens is 997 g/mol. The Bertz CT molecular complexity index is 1250. The van der Waals surface area contributed by atoms with E-state index in [-0.39, 0.29) is 0 Å². The highest BCUT2D eigenvalue weighted by Crippen LogP contribution is 2.47. The molecule has 2 rings (SSSR count). The number of carboxylic acids is 1. The highest BCUT2D eigenvalue weighted by molar-refractivity contribution is 5.70. The first-order chi connectivity index (χ1) is 40.6. The first-order valence-corrected chi connectivity index (χ1v) is 39.5. The van der Waals surface area contributed by atoms with Gasteiger partial charge in [-0.1, -0.05) is 438 Å². The summed E-state index contributed by atoms with van der Waals surface area (Å²) in [6.07, 6.45) is 97.5. The number of aliphatic carboxylic acids is 1. The second-order valence-electron chi connectivity index (χ2n) is 29.0. The molecule has 2 fully saturated rings. The van der Waals surface area contributed by atoms with Gasteiger partial charge in [0.25, 0.3) is 0 Å². The third-order valence-corrected chi connectivity index (χ3v) is 20.9. The predicted molar refractivity (Wildman–Crippen MR) is 366 cm³/mol. The number of carbonyl (C=O) groups is 1. The maximum Gasteiger partial charge on any atom is 0.309 e. The fraction of sp³-hybridized carbons (Fsp3) is 0.987. The van der Waals surface area contributed by atoms with Gasteiger partial charge in [-0.15, -0.1) is 0 Å². The standard InChI is InChI=1S/C79H154O3/c1-3-5-7-9-11-13-15-17-19-21-22-23-24-25-27-31-35-39-43-51-57-63-69-77(79(81)82)78(80)70-64-58-52-44-40-36-32-28-30-34-38-42-48-54-60-66-74-72-76(74)68-62-56-50-46-45-49-55-61-67-75-71-73(75)65-59-53-47-41-37-33-29-26-20-18-16-14-12-10-8-6-4-2/h73-78,80H,3-72H2,1-2H3,(H,81,82). The van der Waals surface area contributed by atoms with Crippen molar-refractivity contribution in [2.45, 2.75) is 469 Å². The molecule has 0 aromatic heterocycles. The molecular formula is C79H154O3. The molecule has 82 heavy (non-hydrogen) atoms. The molecule has 3 heteroatoms. The lowest BCUT2D eigenvalue weighted by atomic mass is 9.91. The normalized spacial score (nSPS) is 17.5. The molecule has 2 N–H and O–H groups in total. The van der Waals surface area contributed by atoms with Gasteiger partial charge in [0.1, 0.15) is 0 Å². The second-order valence-corrected chi connectivity index (χ2v) is 29.0. The van der Waals surface area contributed by atoms with Gasteiger partial charge in [-0.2, -0.15) is 0 Å². The zero-order valence-corrected chi connectivity index (χ0v) is 56.8. The van der Waals surface area contributed by atoms with Crippen LogP contribution in [-0.4, -0.2) is 22.3 Å². The molecule has 0 heterocycles. The van der Waals surface area contributed by atoms with E-state index in [1.54, 1.807) is 25.7 Å². The van der Waals surface area contributed by atoms with E-state index in [4.69, 9.17) is 0 Å². The predicted octanol–water partition coefficient (Wildman–Crippen LogP) is 27.9. The molecule has 2 aliphatic rings. The summed E-state index contributed by atoms with van der Waals surface area (Å²) in [4.78, 5) is 12.0. The average Bonchev–Trinajstić information content (AvgIpc) is 4.58. The summed E-state index contributed by atoms with van der Waals surface area (Å²) in [6, 6.07) is 0. The lowest BCUT2D eigenvalue weighted by Crippen LogP contribution is -2.28. The maximum absolute atomic E-state index is 12.0. The summed E-state index contributed by atoms with van der Waals surface area (Å²) in [5, 5.41) is 20.6. The van der Waals surface area contributed by atoms with E-state index >= 15 is 0 Å². The molecule has 2 aliphatic carbocycles. The number of unbranched alkanes of at least 4 members (excludes halogenated alkanes) is 58. The number of carboxylic acid groups (broad SMARTS) is 1. The quantitative estimate of drug-likeness (QED) is 0.0597. The van der Waals surface area contributed by atoms with Crippen LogP contribution in [0.4, 0.5) is 0 Å². The van der Waals surface area contributed by atoms with Crippen LogP contribution in [0.3, 0.4) is 0 Å². The van der Waals surface area contributed by atoms with Gasteiger partial charge in [0.05, 0.1) is 12.0 Å². The number of aliphatic hydroxyl groups excluding tert-OH is 1. The van der Waals surface area contributed by atoms with E-state index in [9.17, 15) is 15.0 Å². The van der Waals surface area contributed by atoms with Crippen molar-refractivity contribution in [2.75, 3.05) is 0 Å².